The van der Waals surface area contributed by atoms with E-state index in [-0.39, 0.29) is 11.9 Å². The summed E-state index contributed by atoms with van der Waals surface area (Å²) in [7, 11) is 0. The molecule has 2 heterocycles. The first-order valence-electron chi connectivity index (χ1n) is 7.66. The number of carboxylic acids is 1. The monoisotopic (exact) mass is 292 g/mol. The number of nitrogens with zero attached hydrogens (tertiary/aromatic N) is 2. The molecular formula is C16H24N2O3. The van der Waals surface area contributed by atoms with Crippen molar-refractivity contribution in [2.75, 3.05) is 6.54 Å². The SMILES string of the molecule is CCCC1(C(=O)O)CCCN1C(=O)c1cccn1C(C)C. The Morgan fingerprint density at radius 3 is 2.71 bits per heavy atom. The minimum Gasteiger partial charge on any atom is -0.479 e. The number of hydrogen-bond acceptors (Lipinski definition) is 2. The van der Waals surface area contributed by atoms with Gasteiger partial charge in [0.1, 0.15) is 11.2 Å². The van der Waals surface area contributed by atoms with Crippen molar-refractivity contribution in [3.63, 3.8) is 0 Å². The van der Waals surface area contributed by atoms with Gasteiger partial charge in [0.15, 0.2) is 0 Å². The van der Waals surface area contributed by atoms with Gasteiger partial charge in [0, 0.05) is 18.8 Å². The standard InChI is InChI=1S/C16H24N2O3/c1-4-8-16(15(20)21)9-6-11-18(16)14(19)13-7-5-10-17(13)12(2)3/h5,7,10,12H,4,6,8-9,11H2,1-3H3,(H,20,21). The van der Waals surface area contributed by atoms with Crippen molar-refractivity contribution in [2.45, 2.75) is 58.0 Å². The molecule has 1 aliphatic heterocycles. The molecule has 5 nitrogen and oxygen atoms in total. The van der Waals surface area contributed by atoms with Gasteiger partial charge in [-0.15, -0.1) is 0 Å². The van der Waals surface area contributed by atoms with Crippen molar-refractivity contribution in [1.82, 2.24) is 9.47 Å². The van der Waals surface area contributed by atoms with Gasteiger partial charge in [-0.3, -0.25) is 4.79 Å². The zero-order valence-electron chi connectivity index (χ0n) is 13.0. The quantitative estimate of drug-likeness (QED) is 0.907. The molecule has 1 fully saturated rings. The van der Waals surface area contributed by atoms with Crippen LogP contribution in [0.15, 0.2) is 18.3 Å². The molecule has 1 amide bonds. The predicted molar refractivity (Wildman–Crippen MR) is 80.4 cm³/mol. The Balaban J connectivity index is 2.37. The number of hydrogen-bond donors (Lipinski definition) is 1. The molecule has 0 spiro atoms. The zero-order chi connectivity index (χ0) is 15.6. The summed E-state index contributed by atoms with van der Waals surface area (Å²) in [6.45, 7) is 6.51. The van der Waals surface area contributed by atoms with Crippen molar-refractivity contribution in [3.05, 3.63) is 24.0 Å². The Morgan fingerprint density at radius 1 is 1.43 bits per heavy atom. The van der Waals surface area contributed by atoms with Crippen molar-refractivity contribution < 1.29 is 14.7 Å². The van der Waals surface area contributed by atoms with Crippen LogP contribution in [-0.4, -0.2) is 38.5 Å². The van der Waals surface area contributed by atoms with Crippen LogP contribution in [0.1, 0.15) is 63.0 Å². The number of rotatable bonds is 5. The normalized spacial score (nSPS) is 22.0. The molecule has 1 unspecified atom stereocenters. The summed E-state index contributed by atoms with van der Waals surface area (Å²) in [5.41, 5.74) is -0.452. The summed E-state index contributed by atoms with van der Waals surface area (Å²) in [5, 5.41) is 9.69. The first-order valence-corrected chi connectivity index (χ1v) is 7.66. The second-order valence-corrected chi connectivity index (χ2v) is 6.04. The van der Waals surface area contributed by atoms with E-state index in [0.717, 1.165) is 12.8 Å². The van der Waals surface area contributed by atoms with E-state index in [0.29, 0.717) is 25.1 Å². The molecular weight excluding hydrogens is 268 g/mol. The van der Waals surface area contributed by atoms with E-state index in [1.54, 1.807) is 11.0 Å². The van der Waals surface area contributed by atoms with E-state index < -0.39 is 11.5 Å². The lowest BCUT2D eigenvalue weighted by molar-refractivity contribution is -0.148. The molecule has 0 radical (unpaired) electrons. The summed E-state index contributed by atoms with van der Waals surface area (Å²) in [5.74, 6) is -1.04. The number of carbonyl (C=O) groups excluding carboxylic acids is 1. The van der Waals surface area contributed by atoms with E-state index in [4.69, 9.17) is 0 Å². The Labute approximate surface area is 125 Å². The molecule has 0 bridgehead atoms. The summed E-state index contributed by atoms with van der Waals surface area (Å²) >= 11 is 0. The van der Waals surface area contributed by atoms with Gasteiger partial charge in [0.2, 0.25) is 0 Å². The van der Waals surface area contributed by atoms with Crippen LogP contribution in [0.4, 0.5) is 0 Å². The highest BCUT2D eigenvalue weighted by molar-refractivity contribution is 5.97. The minimum absolute atomic E-state index is 0.165. The Kier molecular flexibility index (Phi) is 4.40. The van der Waals surface area contributed by atoms with Crippen LogP contribution in [0, 0.1) is 0 Å². The van der Waals surface area contributed by atoms with E-state index in [1.165, 1.54) is 0 Å². The number of carboxylic acid groups (broad SMARTS) is 1. The minimum atomic E-state index is -1.03. The van der Waals surface area contributed by atoms with Gasteiger partial charge >= 0.3 is 5.97 Å². The highest BCUT2D eigenvalue weighted by Crippen LogP contribution is 2.35. The second kappa shape index (κ2) is 5.92. The third-order valence-electron chi connectivity index (χ3n) is 4.35. The van der Waals surface area contributed by atoms with E-state index in [9.17, 15) is 14.7 Å². The van der Waals surface area contributed by atoms with Gasteiger partial charge in [-0.1, -0.05) is 13.3 Å². The van der Waals surface area contributed by atoms with E-state index >= 15 is 0 Å². The molecule has 1 N–H and O–H groups in total. The largest absolute Gasteiger partial charge is 0.479 e. The molecule has 1 saturated heterocycles. The maximum Gasteiger partial charge on any atom is 0.329 e. The number of carbonyl (C=O) groups is 2. The van der Waals surface area contributed by atoms with Gasteiger partial charge in [-0.25, -0.2) is 4.79 Å². The molecule has 1 aromatic heterocycles. The van der Waals surface area contributed by atoms with Crippen LogP contribution in [0.25, 0.3) is 0 Å². The fourth-order valence-corrected chi connectivity index (χ4v) is 3.34. The summed E-state index contributed by atoms with van der Waals surface area (Å²) in [4.78, 5) is 26.3. The fraction of sp³-hybridized carbons (Fsp3) is 0.625. The van der Waals surface area contributed by atoms with E-state index in [2.05, 4.69) is 0 Å². The summed E-state index contributed by atoms with van der Waals surface area (Å²) < 4.78 is 1.90. The maximum absolute atomic E-state index is 12.9. The van der Waals surface area contributed by atoms with Crippen molar-refractivity contribution >= 4 is 11.9 Å². The topological polar surface area (TPSA) is 62.5 Å². The lowest BCUT2D eigenvalue weighted by Crippen LogP contribution is -2.53. The molecule has 116 valence electrons. The fourth-order valence-electron chi connectivity index (χ4n) is 3.34. The first kappa shape index (κ1) is 15.6. The number of likely N-dealkylation sites (tertiary alicyclic amines) is 1. The van der Waals surface area contributed by atoms with Crippen LogP contribution in [0.2, 0.25) is 0 Å². The molecule has 1 aliphatic rings. The van der Waals surface area contributed by atoms with Gasteiger partial charge < -0.3 is 14.6 Å². The van der Waals surface area contributed by atoms with Gasteiger partial charge in [-0.2, -0.15) is 0 Å². The highest BCUT2D eigenvalue weighted by atomic mass is 16.4. The molecule has 2 rings (SSSR count). The molecule has 1 aromatic rings. The lowest BCUT2D eigenvalue weighted by Gasteiger charge is -2.35. The second-order valence-electron chi connectivity index (χ2n) is 6.04. The van der Waals surface area contributed by atoms with E-state index in [1.807, 2.05) is 37.6 Å². The third-order valence-corrected chi connectivity index (χ3v) is 4.35. The Morgan fingerprint density at radius 2 is 2.14 bits per heavy atom. The van der Waals surface area contributed by atoms with Gasteiger partial charge in [-0.05, 0) is 45.2 Å². The summed E-state index contributed by atoms with van der Waals surface area (Å²) in [6.07, 6.45) is 4.43. The average Bonchev–Trinajstić information content (AvgIpc) is 3.05. The van der Waals surface area contributed by atoms with Crippen LogP contribution < -0.4 is 0 Å². The Bertz CT molecular complexity index is 535. The van der Waals surface area contributed by atoms with Gasteiger partial charge in [0.25, 0.3) is 5.91 Å². The molecule has 0 aromatic carbocycles. The lowest BCUT2D eigenvalue weighted by atomic mass is 9.90. The first-order chi connectivity index (χ1) is 9.94. The zero-order valence-corrected chi connectivity index (χ0v) is 13.0. The molecule has 0 aliphatic carbocycles. The summed E-state index contributed by atoms with van der Waals surface area (Å²) in [6, 6.07) is 3.79. The number of aromatic nitrogens is 1. The highest BCUT2D eigenvalue weighted by Gasteiger charge is 2.49. The van der Waals surface area contributed by atoms with Crippen molar-refractivity contribution in [2.24, 2.45) is 0 Å². The number of amides is 1. The van der Waals surface area contributed by atoms with Crippen molar-refractivity contribution in [1.29, 1.82) is 0 Å². The third kappa shape index (κ3) is 2.57. The smallest absolute Gasteiger partial charge is 0.329 e. The van der Waals surface area contributed by atoms with Crippen molar-refractivity contribution in [3.8, 4) is 0 Å². The average molecular weight is 292 g/mol. The molecule has 1 atom stereocenters. The molecule has 5 heteroatoms. The molecule has 21 heavy (non-hydrogen) atoms. The molecule has 0 saturated carbocycles. The van der Waals surface area contributed by atoms with Crippen LogP contribution in [0.3, 0.4) is 0 Å². The van der Waals surface area contributed by atoms with Crippen LogP contribution in [0.5, 0.6) is 0 Å². The van der Waals surface area contributed by atoms with Crippen LogP contribution in [-0.2, 0) is 4.79 Å². The Hall–Kier alpha value is -1.78. The predicted octanol–water partition coefficient (Wildman–Crippen LogP) is 2.93. The van der Waals surface area contributed by atoms with Gasteiger partial charge in [0.05, 0.1) is 0 Å². The maximum atomic E-state index is 12.9. The van der Waals surface area contributed by atoms with Crippen LogP contribution >= 0.6 is 0 Å². The number of aliphatic carboxylic acids is 1.